The summed E-state index contributed by atoms with van der Waals surface area (Å²) >= 11 is 11.7. The van der Waals surface area contributed by atoms with Crippen molar-refractivity contribution in [2.45, 2.75) is 11.8 Å². The maximum absolute atomic E-state index is 12.5. The van der Waals surface area contributed by atoms with Gasteiger partial charge in [0, 0.05) is 5.56 Å². The number of amides is 1. The third-order valence-electron chi connectivity index (χ3n) is 4.26. The van der Waals surface area contributed by atoms with Crippen molar-refractivity contribution in [2.24, 2.45) is 5.10 Å². The van der Waals surface area contributed by atoms with Crippen LogP contribution in [0.25, 0.3) is 0 Å². The molecule has 0 aromatic heterocycles. The van der Waals surface area contributed by atoms with Crippen LogP contribution in [0, 0.1) is 6.92 Å². The van der Waals surface area contributed by atoms with Crippen molar-refractivity contribution in [1.29, 1.82) is 0 Å². The normalized spacial score (nSPS) is 11.4. The van der Waals surface area contributed by atoms with Crippen molar-refractivity contribution < 1.29 is 22.1 Å². The molecule has 3 aromatic rings. The van der Waals surface area contributed by atoms with E-state index in [2.05, 4.69) is 10.5 Å². The van der Waals surface area contributed by atoms with Crippen LogP contribution in [-0.2, 0) is 10.1 Å². The average molecular weight is 493 g/mol. The first kappa shape index (κ1) is 23.6. The predicted molar refractivity (Wildman–Crippen MR) is 124 cm³/mol. The van der Waals surface area contributed by atoms with Crippen molar-refractivity contribution in [3.05, 3.63) is 87.4 Å². The molecule has 0 aliphatic carbocycles. The maximum atomic E-state index is 12.5. The summed E-state index contributed by atoms with van der Waals surface area (Å²) in [6.07, 6.45) is 1.37. The Balaban J connectivity index is 1.72. The number of nitrogens with zero attached hydrogens (tertiary/aromatic N) is 1. The predicted octanol–water partition coefficient (Wildman–Crippen LogP) is 4.84. The fourth-order valence-corrected chi connectivity index (χ4v) is 3.81. The van der Waals surface area contributed by atoms with Crippen LogP contribution in [0.15, 0.2) is 70.7 Å². The highest BCUT2D eigenvalue weighted by atomic mass is 35.5. The molecular formula is C22H18Cl2N2O5S. The Morgan fingerprint density at radius 1 is 0.969 bits per heavy atom. The minimum atomic E-state index is -4.03. The summed E-state index contributed by atoms with van der Waals surface area (Å²) in [6, 6.07) is 15.3. The highest BCUT2D eigenvalue weighted by molar-refractivity contribution is 7.87. The van der Waals surface area contributed by atoms with Crippen molar-refractivity contribution in [3.8, 4) is 11.5 Å². The molecule has 3 rings (SSSR count). The lowest BCUT2D eigenvalue weighted by atomic mass is 10.2. The Kier molecular flexibility index (Phi) is 7.40. The van der Waals surface area contributed by atoms with Crippen molar-refractivity contribution in [3.63, 3.8) is 0 Å². The first-order valence-corrected chi connectivity index (χ1v) is 11.3. The molecule has 0 aliphatic rings. The van der Waals surface area contributed by atoms with E-state index in [1.807, 2.05) is 6.92 Å². The zero-order chi connectivity index (χ0) is 23.3. The molecule has 0 aliphatic heterocycles. The van der Waals surface area contributed by atoms with Gasteiger partial charge in [-0.25, -0.2) is 5.43 Å². The molecule has 0 heterocycles. The van der Waals surface area contributed by atoms with Gasteiger partial charge in [0.1, 0.15) is 4.90 Å². The zero-order valence-electron chi connectivity index (χ0n) is 17.0. The van der Waals surface area contributed by atoms with Gasteiger partial charge in [-0.2, -0.15) is 13.5 Å². The largest absolute Gasteiger partial charge is 0.493 e. The molecule has 0 spiro atoms. The molecule has 3 aromatic carbocycles. The van der Waals surface area contributed by atoms with Crippen molar-refractivity contribution >= 4 is 45.4 Å². The molecule has 0 bridgehead atoms. The molecule has 0 saturated carbocycles. The highest BCUT2D eigenvalue weighted by Crippen LogP contribution is 2.30. The van der Waals surface area contributed by atoms with Crippen LogP contribution >= 0.6 is 23.2 Å². The summed E-state index contributed by atoms with van der Waals surface area (Å²) < 4.78 is 35.5. The summed E-state index contributed by atoms with van der Waals surface area (Å²) in [5.41, 5.74) is 4.13. The van der Waals surface area contributed by atoms with Gasteiger partial charge in [0.2, 0.25) is 0 Å². The van der Waals surface area contributed by atoms with E-state index in [0.717, 1.165) is 5.56 Å². The van der Waals surface area contributed by atoms with Gasteiger partial charge in [0.15, 0.2) is 11.5 Å². The van der Waals surface area contributed by atoms with Gasteiger partial charge < -0.3 is 8.92 Å². The maximum Gasteiger partial charge on any atom is 0.339 e. The third-order valence-corrected chi connectivity index (χ3v) is 6.25. The number of hydrogen-bond donors (Lipinski definition) is 1. The van der Waals surface area contributed by atoms with E-state index in [1.165, 1.54) is 55.8 Å². The fourth-order valence-electron chi connectivity index (χ4n) is 2.57. The quantitative estimate of drug-likeness (QED) is 0.289. The van der Waals surface area contributed by atoms with Crippen LogP contribution < -0.4 is 14.3 Å². The Labute approximate surface area is 195 Å². The molecule has 0 radical (unpaired) electrons. The van der Waals surface area contributed by atoms with Gasteiger partial charge in [-0.3, -0.25) is 4.79 Å². The van der Waals surface area contributed by atoms with Crippen LogP contribution in [0.3, 0.4) is 0 Å². The van der Waals surface area contributed by atoms with E-state index < -0.39 is 16.0 Å². The molecule has 0 unspecified atom stereocenters. The number of nitrogens with one attached hydrogen (secondary N) is 1. The second-order valence-electron chi connectivity index (χ2n) is 6.59. The van der Waals surface area contributed by atoms with Crippen LogP contribution in [0.2, 0.25) is 10.0 Å². The fraction of sp³-hybridized carbons (Fsp3) is 0.0909. The lowest BCUT2D eigenvalue weighted by molar-refractivity contribution is 0.0955. The van der Waals surface area contributed by atoms with Crippen LogP contribution in [0.4, 0.5) is 0 Å². The number of rotatable bonds is 7. The molecular weight excluding hydrogens is 475 g/mol. The molecule has 0 fully saturated rings. The number of carbonyl (C=O) groups is 1. The van der Waals surface area contributed by atoms with E-state index in [4.69, 9.17) is 32.1 Å². The monoisotopic (exact) mass is 492 g/mol. The average Bonchev–Trinajstić information content (AvgIpc) is 2.76. The van der Waals surface area contributed by atoms with E-state index in [-0.39, 0.29) is 21.4 Å². The van der Waals surface area contributed by atoms with Crippen LogP contribution in [-0.4, -0.2) is 27.6 Å². The Bertz CT molecular complexity index is 1280. The Hall–Kier alpha value is -3.07. The molecule has 32 heavy (non-hydrogen) atoms. The number of benzene rings is 3. The first-order valence-electron chi connectivity index (χ1n) is 9.17. The number of aryl methyl sites for hydroxylation is 1. The second kappa shape index (κ2) is 10.0. The molecule has 0 saturated heterocycles. The minimum Gasteiger partial charge on any atom is -0.493 e. The smallest absolute Gasteiger partial charge is 0.339 e. The highest BCUT2D eigenvalue weighted by Gasteiger charge is 2.19. The van der Waals surface area contributed by atoms with Gasteiger partial charge in [0.05, 0.1) is 23.4 Å². The lowest BCUT2D eigenvalue weighted by Gasteiger charge is -2.11. The SMILES string of the molecule is COc1cc(C=NNC(=O)c2ccc(Cl)c(Cl)c2)ccc1OS(=O)(=O)c1ccc(C)cc1. The Morgan fingerprint density at radius 2 is 1.69 bits per heavy atom. The first-order chi connectivity index (χ1) is 15.2. The van der Waals surface area contributed by atoms with Gasteiger partial charge in [-0.15, -0.1) is 0 Å². The number of hydrogen-bond acceptors (Lipinski definition) is 6. The zero-order valence-corrected chi connectivity index (χ0v) is 19.3. The number of methoxy groups -OCH3 is 1. The van der Waals surface area contributed by atoms with E-state index >= 15 is 0 Å². The number of halogens is 2. The van der Waals surface area contributed by atoms with Gasteiger partial charge in [0.25, 0.3) is 5.91 Å². The number of hydrazone groups is 1. The summed E-state index contributed by atoms with van der Waals surface area (Å²) in [5, 5.41) is 4.48. The lowest BCUT2D eigenvalue weighted by Crippen LogP contribution is -2.17. The summed E-state index contributed by atoms with van der Waals surface area (Å²) in [5.74, 6) is -0.276. The van der Waals surface area contributed by atoms with E-state index in [1.54, 1.807) is 18.2 Å². The standard InChI is InChI=1S/C22H18Cl2N2O5S/c1-14-3-7-17(8-4-14)32(28,29)31-20-10-5-15(11-21(20)30-2)13-25-26-22(27)16-6-9-18(23)19(24)12-16/h3-13H,1-2H3,(H,26,27). The molecule has 1 N–H and O–H groups in total. The summed E-state index contributed by atoms with van der Waals surface area (Å²) in [7, 11) is -2.65. The number of carbonyl (C=O) groups excluding carboxylic acids is 1. The summed E-state index contributed by atoms with van der Waals surface area (Å²) in [6.45, 7) is 1.85. The number of ether oxygens (including phenoxy) is 1. The molecule has 166 valence electrons. The van der Waals surface area contributed by atoms with Crippen LogP contribution in [0.1, 0.15) is 21.5 Å². The molecule has 1 amide bonds. The summed E-state index contributed by atoms with van der Waals surface area (Å²) in [4.78, 5) is 12.2. The second-order valence-corrected chi connectivity index (χ2v) is 8.95. The van der Waals surface area contributed by atoms with Gasteiger partial charge in [-0.05, 0) is 61.0 Å². The molecule has 0 atom stereocenters. The minimum absolute atomic E-state index is 0.0186. The molecule has 7 nitrogen and oxygen atoms in total. The molecule has 10 heteroatoms. The third kappa shape index (κ3) is 5.79. The van der Waals surface area contributed by atoms with Crippen molar-refractivity contribution in [1.82, 2.24) is 5.43 Å². The van der Waals surface area contributed by atoms with Gasteiger partial charge >= 0.3 is 10.1 Å². The topological polar surface area (TPSA) is 94.1 Å². The van der Waals surface area contributed by atoms with Crippen LogP contribution in [0.5, 0.6) is 11.5 Å². The van der Waals surface area contributed by atoms with E-state index in [0.29, 0.717) is 16.1 Å². The van der Waals surface area contributed by atoms with Crippen molar-refractivity contribution in [2.75, 3.05) is 7.11 Å². The Morgan fingerprint density at radius 3 is 2.34 bits per heavy atom. The van der Waals surface area contributed by atoms with Gasteiger partial charge in [-0.1, -0.05) is 40.9 Å². The van der Waals surface area contributed by atoms with E-state index in [9.17, 15) is 13.2 Å².